The van der Waals surface area contributed by atoms with Crippen LogP contribution in [-0.4, -0.2) is 13.1 Å². The van der Waals surface area contributed by atoms with Crippen LogP contribution in [0.25, 0.3) is 0 Å². The smallest absolute Gasteiger partial charge is 0.335 e. The summed E-state index contributed by atoms with van der Waals surface area (Å²) < 4.78 is 5.79. The van der Waals surface area contributed by atoms with Crippen LogP contribution < -0.4 is 5.32 Å². The van der Waals surface area contributed by atoms with Crippen molar-refractivity contribution in [2.45, 2.75) is 12.5 Å². The Kier molecular flexibility index (Phi) is 4.91. The van der Waals surface area contributed by atoms with E-state index in [1.165, 1.54) is 7.11 Å². The maximum absolute atomic E-state index is 12.4. The van der Waals surface area contributed by atoms with E-state index in [0.717, 1.165) is 10.0 Å². The Balaban J connectivity index is 2.51. The molecule has 0 fully saturated rings. The monoisotopic (exact) mass is 367 g/mol. The number of carbonyl (C=O) groups excluding carboxylic acids is 1. The average Bonchev–Trinajstić information content (AvgIpc) is 2.49. The molecule has 0 saturated carbocycles. The van der Waals surface area contributed by atoms with Crippen LogP contribution in [0.15, 0.2) is 53.0 Å². The van der Waals surface area contributed by atoms with Crippen molar-refractivity contribution in [3.05, 3.63) is 63.6 Å². The van der Waals surface area contributed by atoms with Crippen molar-refractivity contribution in [3.8, 4) is 0 Å². The first-order valence-corrected chi connectivity index (χ1v) is 7.52. The lowest BCUT2D eigenvalue weighted by Gasteiger charge is -2.30. The third-order valence-corrected chi connectivity index (χ3v) is 4.29. The lowest BCUT2D eigenvalue weighted by atomic mass is 9.91. The zero-order chi connectivity index (χ0) is 15.5. The highest BCUT2D eigenvalue weighted by Gasteiger charge is 2.38. The molecule has 21 heavy (non-hydrogen) atoms. The maximum atomic E-state index is 12.4. The molecule has 2 rings (SSSR count). The fraction of sp³-hybridized carbons (Fsp3) is 0.188. The van der Waals surface area contributed by atoms with Crippen LogP contribution in [0.4, 0.5) is 5.69 Å². The summed E-state index contributed by atoms with van der Waals surface area (Å²) in [5, 5.41) is 3.74. The second-order valence-corrected chi connectivity index (χ2v) is 5.96. The molecular weight excluding hydrogens is 354 g/mol. The van der Waals surface area contributed by atoms with Gasteiger partial charge in [0.25, 0.3) is 0 Å². The molecule has 0 aliphatic carbocycles. The van der Waals surface area contributed by atoms with Gasteiger partial charge in [-0.1, -0.05) is 57.9 Å². The summed E-state index contributed by atoms with van der Waals surface area (Å²) in [7, 11) is 1.37. The second-order valence-electron chi connectivity index (χ2n) is 4.70. The molecule has 2 aromatic carbocycles. The summed E-state index contributed by atoms with van der Waals surface area (Å²) in [6.45, 7) is 1.77. The Bertz CT molecular complexity index is 662. The Morgan fingerprint density at radius 3 is 2.43 bits per heavy atom. The minimum absolute atomic E-state index is 0.394. The minimum atomic E-state index is -1.06. The molecule has 0 radical (unpaired) electrons. The number of methoxy groups -OCH3 is 1. The number of hydrogen-bond acceptors (Lipinski definition) is 3. The maximum Gasteiger partial charge on any atom is 0.335 e. The molecule has 110 valence electrons. The molecule has 0 amide bonds. The topological polar surface area (TPSA) is 38.3 Å². The molecule has 0 aromatic heterocycles. The van der Waals surface area contributed by atoms with E-state index in [1.807, 2.05) is 42.5 Å². The van der Waals surface area contributed by atoms with Crippen molar-refractivity contribution in [1.82, 2.24) is 0 Å². The number of hydrogen-bond donors (Lipinski definition) is 1. The van der Waals surface area contributed by atoms with Gasteiger partial charge >= 0.3 is 5.97 Å². The standard InChI is InChI=1S/C16H15BrClNO2/c1-16(15(20)21-2,11-7-3-4-8-12(11)17)19-14-10-6-5-9-13(14)18/h3-10,19H,1-2H3. The average molecular weight is 369 g/mol. The zero-order valence-electron chi connectivity index (χ0n) is 11.7. The number of anilines is 1. The lowest BCUT2D eigenvalue weighted by molar-refractivity contribution is -0.145. The highest BCUT2D eigenvalue weighted by Crippen LogP contribution is 2.34. The van der Waals surface area contributed by atoms with Crippen LogP contribution in [0, 0.1) is 0 Å². The van der Waals surface area contributed by atoms with Crippen molar-refractivity contribution in [2.24, 2.45) is 0 Å². The van der Waals surface area contributed by atoms with E-state index in [2.05, 4.69) is 21.2 Å². The zero-order valence-corrected chi connectivity index (χ0v) is 14.0. The quantitative estimate of drug-likeness (QED) is 0.801. The van der Waals surface area contributed by atoms with Gasteiger partial charge in [-0.05, 0) is 25.1 Å². The fourth-order valence-electron chi connectivity index (χ4n) is 2.13. The molecule has 0 aliphatic rings. The summed E-state index contributed by atoms with van der Waals surface area (Å²) in [5.41, 5.74) is 0.388. The van der Waals surface area contributed by atoms with Gasteiger partial charge in [0.15, 0.2) is 5.54 Å². The fourth-order valence-corrected chi connectivity index (χ4v) is 3.00. The Morgan fingerprint density at radius 1 is 1.19 bits per heavy atom. The molecule has 0 bridgehead atoms. The van der Waals surface area contributed by atoms with Crippen molar-refractivity contribution < 1.29 is 9.53 Å². The van der Waals surface area contributed by atoms with Gasteiger partial charge in [0.1, 0.15) is 0 Å². The summed E-state index contributed by atoms with van der Waals surface area (Å²) in [6.07, 6.45) is 0. The number of esters is 1. The Hall–Kier alpha value is -1.52. The first-order valence-electron chi connectivity index (χ1n) is 6.35. The van der Waals surface area contributed by atoms with E-state index >= 15 is 0 Å². The number of carbonyl (C=O) groups is 1. The van der Waals surface area contributed by atoms with E-state index in [4.69, 9.17) is 16.3 Å². The van der Waals surface area contributed by atoms with E-state index in [9.17, 15) is 4.79 Å². The normalized spacial score (nSPS) is 13.3. The second kappa shape index (κ2) is 6.50. The molecule has 0 heterocycles. The number of halogens is 2. The third kappa shape index (κ3) is 3.22. The van der Waals surface area contributed by atoms with Crippen LogP contribution in [0.1, 0.15) is 12.5 Å². The SMILES string of the molecule is COC(=O)C(C)(Nc1ccccc1Cl)c1ccccc1Br. The molecule has 3 nitrogen and oxygen atoms in total. The van der Waals surface area contributed by atoms with Gasteiger partial charge in [0.05, 0.1) is 17.8 Å². The Morgan fingerprint density at radius 2 is 1.81 bits per heavy atom. The van der Waals surface area contributed by atoms with Gasteiger partial charge in [-0.3, -0.25) is 0 Å². The molecule has 0 saturated heterocycles. The molecule has 1 unspecified atom stereocenters. The predicted octanol–water partition coefficient (Wildman–Crippen LogP) is 4.60. The number of benzene rings is 2. The summed E-state index contributed by atoms with van der Waals surface area (Å²) >= 11 is 9.66. The van der Waals surface area contributed by atoms with E-state index in [1.54, 1.807) is 13.0 Å². The molecule has 0 aliphatic heterocycles. The molecule has 0 spiro atoms. The van der Waals surface area contributed by atoms with Gasteiger partial charge in [-0.15, -0.1) is 0 Å². The number of nitrogens with one attached hydrogen (secondary N) is 1. The van der Waals surface area contributed by atoms with Crippen LogP contribution in [0.3, 0.4) is 0 Å². The van der Waals surface area contributed by atoms with Crippen LogP contribution in [0.5, 0.6) is 0 Å². The van der Waals surface area contributed by atoms with Crippen LogP contribution >= 0.6 is 27.5 Å². The predicted molar refractivity (Wildman–Crippen MR) is 88.6 cm³/mol. The van der Waals surface area contributed by atoms with E-state index < -0.39 is 11.5 Å². The molecule has 2 aromatic rings. The van der Waals surface area contributed by atoms with Gasteiger partial charge in [-0.2, -0.15) is 0 Å². The summed E-state index contributed by atoms with van der Waals surface area (Å²) in [4.78, 5) is 12.4. The van der Waals surface area contributed by atoms with Gasteiger partial charge < -0.3 is 10.1 Å². The first kappa shape index (κ1) is 15.9. The highest BCUT2D eigenvalue weighted by molar-refractivity contribution is 9.10. The number of rotatable bonds is 4. The van der Waals surface area contributed by atoms with Crippen LogP contribution in [0.2, 0.25) is 5.02 Å². The Labute approximate surface area is 137 Å². The first-order chi connectivity index (χ1) is 9.99. The van der Waals surface area contributed by atoms with E-state index in [-0.39, 0.29) is 0 Å². The van der Waals surface area contributed by atoms with Gasteiger partial charge in [0, 0.05) is 10.0 Å². The largest absolute Gasteiger partial charge is 0.467 e. The minimum Gasteiger partial charge on any atom is -0.467 e. The summed E-state index contributed by atoms with van der Waals surface area (Å²) in [6, 6.07) is 14.8. The van der Waals surface area contributed by atoms with Crippen molar-refractivity contribution >= 4 is 39.2 Å². The molecule has 1 atom stereocenters. The molecule has 1 N–H and O–H groups in total. The van der Waals surface area contributed by atoms with Crippen molar-refractivity contribution in [2.75, 3.05) is 12.4 Å². The van der Waals surface area contributed by atoms with Gasteiger partial charge in [0.2, 0.25) is 0 Å². The highest BCUT2D eigenvalue weighted by atomic mass is 79.9. The van der Waals surface area contributed by atoms with Crippen molar-refractivity contribution in [3.63, 3.8) is 0 Å². The van der Waals surface area contributed by atoms with Crippen molar-refractivity contribution in [1.29, 1.82) is 0 Å². The molecular formula is C16H15BrClNO2. The number of para-hydroxylation sites is 1. The lowest BCUT2D eigenvalue weighted by Crippen LogP contribution is -2.41. The van der Waals surface area contributed by atoms with Crippen LogP contribution in [-0.2, 0) is 15.1 Å². The van der Waals surface area contributed by atoms with Gasteiger partial charge in [-0.25, -0.2) is 4.79 Å². The third-order valence-electron chi connectivity index (χ3n) is 3.26. The van der Waals surface area contributed by atoms with E-state index in [0.29, 0.717) is 10.7 Å². The summed E-state index contributed by atoms with van der Waals surface area (Å²) in [5.74, 6) is -0.394. The number of ether oxygens (including phenoxy) is 1. The molecule has 5 heteroatoms.